The molecule has 3 rings (SSSR count). The molecule has 0 spiro atoms. The maximum absolute atomic E-state index is 13.9. The molecular weight excluding hydrogens is 447 g/mol. The molecule has 1 heterocycles. The highest BCUT2D eigenvalue weighted by atomic mass is 32.2. The Morgan fingerprint density at radius 2 is 1.55 bits per heavy atom. The van der Waals surface area contributed by atoms with Gasteiger partial charge in [0.1, 0.15) is 27.6 Å². The van der Waals surface area contributed by atoms with Gasteiger partial charge in [0.2, 0.25) is 10.0 Å². The molecule has 0 aliphatic carbocycles. The normalized spacial score (nSPS) is 13.3. The first kappa shape index (κ1) is 21.5. The van der Waals surface area contributed by atoms with Gasteiger partial charge in [-0.05, 0) is 53.9 Å². The van der Waals surface area contributed by atoms with Gasteiger partial charge in [-0.3, -0.25) is 0 Å². The Bertz CT molecular complexity index is 1210. The summed E-state index contributed by atoms with van der Waals surface area (Å²) >= 11 is 1.09. The first-order chi connectivity index (χ1) is 13.6. The fraction of sp³-hybridized carbons (Fsp3) is 0.111. The summed E-state index contributed by atoms with van der Waals surface area (Å²) < 4.78 is 93.3. The van der Waals surface area contributed by atoms with Crippen LogP contribution in [-0.2, 0) is 19.9 Å². The predicted octanol–water partition coefficient (Wildman–Crippen LogP) is 3.66. The van der Waals surface area contributed by atoms with Crippen molar-refractivity contribution >= 4 is 31.2 Å². The standard InChI is InChI=1S/C18H14F3NO4S3/c19-12-3-6-14(7-4-12)28(23,24)18(16-2-1-9-27-16)11-22-29(25,26)17-10-13(20)5-8-15(17)21/h1-10,18,22H,11H2/t18-/m1/s1. The second-order valence-electron chi connectivity index (χ2n) is 5.93. The Balaban J connectivity index is 1.95. The molecule has 0 aliphatic heterocycles. The van der Waals surface area contributed by atoms with Gasteiger partial charge in [-0.25, -0.2) is 34.7 Å². The lowest BCUT2D eigenvalue weighted by Gasteiger charge is -2.18. The fourth-order valence-electron chi connectivity index (χ4n) is 2.57. The number of sulfonamides is 1. The first-order valence-corrected chi connectivity index (χ1v) is 12.0. The van der Waals surface area contributed by atoms with E-state index in [2.05, 4.69) is 0 Å². The molecule has 11 heteroatoms. The molecule has 1 atom stereocenters. The van der Waals surface area contributed by atoms with E-state index >= 15 is 0 Å². The zero-order chi connectivity index (χ0) is 21.2. The molecule has 5 nitrogen and oxygen atoms in total. The minimum Gasteiger partial charge on any atom is -0.223 e. The van der Waals surface area contributed by atoms with Crippen molar-refractivity contribution in [1.82, 2.24) is 4.72 Å². The van der Waals surface area contributed by atoms with E-state index in [1.165, 1.54) is 6.07 Å². The largest absolute Gasteiger partial charge is 0.243 e. The summed E-state index contributed by atoms with van der Waals surface area (Å²) in [5.41, 5.74) is 0. The van der Waals surface area contributed by atoms with Crippen LogP contribution >= 0.6 is 11.3 Å². The zero-order valence-electron chi connectivity index (χ0n) is 14.5. The topological polar surface area (TPSA) is 80.3 Å². The van der Waals surface area contributed by atoms with Crippen LogP contribution in [0.15, 0.2) is 69.8 Å². The van der Waals surface area contributed by atoms with E-state index in [4.69, 9.17) is 0 Å². The molecule has 0 amide bonds. The smallest absolute Gasteiger partial charge is 0.223 e. The van der Waals surface area contributed by atoms with Gasteiger partial charge >= 0.3 is 0 Å². The second kappa shape index (κ2) is 8.27. The van der Waals surface area contributed by atoms with Gasteiger partial charge in [0.05, 0.1) is 4.90 Å². The van der Waals surface area contributed by atoms with Crippen LogP contribution < -0.4 is 4.72 Å². The molecule has 0 unspecified atom stereocenters. The number of hydrogen-bond acceptors (Lipinski definition) is 5. The second-order valence-corrected chi connectivity index (χ2v) is 10.8. The van der Waals surface area contributed by atoms with Crippen LogP contribution in [0.4, 0.5) is 13.2 Å². The average Bonchev–Trinajstić information content (AvgIpc) is 3.18. The van der Waals surface area contributed by atoms with Crippen molar-refractivity contribution in [3.8, 4) is 0 Å². The van der Waals surface area contributed by atoms with E-state index < -0.39 is 54.0 Å². The summed E-state index contributed by atoms with van der Waals surface area (Å²) in [4.78, 5) is -0.799. The van der Waals surface area contributed by atoms with Gasteiger partial charge in [-0.1, -0.05) is 6.07 Å². The summed E-state index contributed by atoms with van der Waals surface area (Å²) in [5, 5.41) is 0.267. The molecule has 154 valence electrons. The Kier molecular flexibility index (Phi) is 6.13. The molecule has 0 fully saturated rings. The minimum atomic E-state index is -4.53. The number of thiophene rings is 1. The van der Waals surface area contributed by atoms with Gasteiger partial charge in [0.15, 0.2) is 9.84 Å². The van der Waals surface area contributed by atoms with Crippen molar-refractivity contribution in [3.05, 3.63) is 82.3 Å². The van der Waals surface area contributed by atoms with Crippen LogP contribution in [0.5, 0.6) is 0 Å². The average molecular weight is 462 g/mol. The summed E-state index contributed by atoms with van der Waals surface area (Å²) in [5.74, 6) is -2.76. The molecule has 29 heavy (non-hydrogen) atoms. The number of nitrogens with one attached hydrogen (secondary N) is 1. The quantitative estimate of drug-likeness (QED) is 0.545. The predicted molar refractivity (Wildman–Crippen MR) is 102 cm³/mol. The monoisotopic (exact) mass is 461 g/mol. The van der Waals surface area contributed by atoms with Crippen molar-refractivity contribution in [3.63, 3.8) is 0 Å². The van der Waals surface area contributed by atoms with E-state index in [9.17, 15) is 30.0 Å². The van der Waals surface area contributed by atoms with E-state index in [0.717, 1.165) is 41.7 Å². The lowest BCUT2D eigenvalue weighted by atomic mass is 10.3. The van der Waals surface area contributed by atoms with Gasteiger partial charge in [0, 0.05) is 11.4 Å². The lowest BCUT2D eigenvalue weighted by Crippen LogP contribution is -2.32. The van der Waals surface area contributed by atoms with Crippen molar-refractivity contribution in [2.24, 2.45) is 0 Å². The molecule has 0 aliphatic rings. The van der Waals surface area contributed by atoms with Crippen molar-refractivity contribution in [1.29, 1.82) is 0 Å². The Labute approximate surface area is 169 Å². The number of benzene rings is 2. The van der Waals surface area contributed by atoms with Gasteiger partial charge in [0.25, 0.3) is 0 Å². The molecule has 2 aromatic carbocycles. The minimum absolute atomic E-state index is 0.201. The number of hydrogen-bond donors (Lipinski definition) is 1. The van der Waals surface area contributed by atoms with Gasteiger partial charge in [-0.15, -0.1) is 11.3 Å². The Morgan fingerprint density at radius 3 is 2.17 bits per heavy atom. The van der Waals surface area contributed by atoms with Crippen molar-refractivity contribution in [2.45, 2.75) is 15.0 Å². The van der Waals surface area contributed by atoms with Crippen LogP contribution in [0.1, 0.15) is 10.1 Å². The Hall–Kier alpha value is -2.21. The molecular formula is C18H14F3NO4S3. The van der Waals surface area contributed by atoms with Crippen LogP contribution in [0.3, 0.4) is 0 Å². The maximum atomic E-state index is 13.9. The molecule has 0 radical (unpaired) electrons. The molecule has 1 aromatic heterocycles. The molecule has 0 saturated heterocycles. The SMILES string of the molecule is O=S(=O)(NC[C@H](c1cccs1)S(=O)(=O)c1ccc(F)cc1)c1cc(F)ccc1F. The van der Waals surface area contributed by atoms with Crippen LogP contribution in [0, 0.1) is 17.5 Å². The zero-order valence-corrected chi connectivity index (χ0v) is 17.0. The highest BCUT2D eigenvalue weighted by Gasteiger charge is 2.32. The van der Waals surface area contributed by atoms with Crippen LogP contribution in [0.25, 0.3) is 0 Å². The highest BCUT2D eigenvalue weighted by molar-refractivity contribution is 7.92. The van der Waals surface area contributed by atoms with E-state index in [1.54, 1.807) is 11.4 Å². The summed E-state index contributed by atoms with van der Waals surface area (Å²) in [6, 6.07) is 9.14. The third-order valence-corrected chi connectivity index (χ3v) is 8.69. The number of rotatable bonds is 7. The molecule has 1 N–H and O–H groups in total. The molecule has 0 bridgehead atoms. The molecule has 3 aromatic rings. The summed E-state index contributed by atoms with van der Waals surface area (Å²) in [6.07, 6.45) is 0. The van der Waals surface area contributed by atoms with E-state index in [1.807, 2.05) is 4.72 Å². The summed E-state index contributed by atoms with van der Waals surface area (Å²) in [7, 11) is -8.65. The van der Waals surface area contributed by atoms with E-state index in [-0.39, 0.29) is 4.90 Å². The summed E-state index contributed by atoms with van der Waals surface area (Å²) in [6.45, 7) is -0.626. The van der Waals surface area contributed by atoms with Gasteiger partial charge < -0.3 is 0 Å². The van der Waals surface area contributed by atoms with Crippen LogP contribution in [0.2, 0.25) is 0 Å². The van der Waals surface area contributed by atoms with Gasteiger partial charge in [-0.2, -0.15) is 0 Å². The van der Waals surface area contributed by atoms with Crippen molar-refractivity contribution < 1.29 is 30.0 Å². The third kappa shape index (κ3) is 4.69. The first-order valence-electron chi connectivity index (χ1n) is 8.09. The highest BCUT2D eigenvalue weighted by Crippen LogP contribution is 2.32. The van der Waals surface area contributed by atoms with Crippen LogP contribution in [-0.4, -0.2) is 23.4 Å². The Morgan fingerprint density at radius 1 is 0.897 bits per heavy atom. The van der Waals surface area contributed by atoms with Crippen molar-refractivity contribution in [2.75, 3.05) is 6.54 Å². The third-order valence-electron chi connectivity index (χ3n) is 4.02. The lowest BCUT2D eigenvalue weighted by molar-refractivity contribution is 0.544. The fourth-order valence-corrected chi connectivity index (χ4v) is 6.60. The van der Waals surface area contributed by atoms with E-state index in [0.29, 0.717) is 17.0 Å². The molecule has 0 saturated carbocycles. The number of halogens is 3. The maximum Gasteiger partial charge on any atom is 0.243 e. The number of sulfone groups is 1.